The number of carbonyl (C=O) groups excluding carboxylic acids is 1. The van der Waals surface area contributed by atoms with Crippen molar-refractivity contribution in [3.05, 3.63) is 0 Å². The van der Waals surface area contributed by atoms with Gasteiger partial charge in [0.15, 0.2) is 0 Å². The van der Waals surface area contributed by atoms with Gasteiger partial charge in [0.05, 0.1) is 19.1 Å². The van der Waals surface area contributed by atoms with Crippen molar-refractivity contribution in [3.8, 4) is 0 Å². The average Bonchev–Trinajstić information content (AvgIpc) is 2.08. The lowest BCUT2D eigenvalue weighted by Crippen LogP contribution is -2.53. The molecule has 1 aliphatic rings. The molecule has 6 heteroatoms. The number of halogens is 2. The third-order valence-corrected chi connectivity index (χ3v) is 2.37. The van der Waals surface area contributed by atoms with Crippen LogP contribution in [0.25, 0.3) is 0 Å². The van der Waals surface area contributed by atoms with E-state index in [2.05, 4.69) is 5.32 Å². The summed E-state index contributed by atoms with van der Waals surface area (Å²) in [6.45, 7) is 1.20. The number of ether oxygens (including phenoxy) is 1. The number of nitrogens with one attached hydrogen (secondary N) is 1. The minimum absolute atomic E-state index is 0.138. The fraction of sp³-hybridized carbons (Fsp3) is 0.889. The maximum Gasteiger partial charge on any atom is 0.255 e. The molecule has 0 atom stereocenters. The molecular formula is C9H16F2N2O2. The van der Waals surface area contributed by atoms with Crippen LogP contribution < -0.4 is 5.32 Å². The van der Waals surface area contributed by atoms with E-state index < -0.39 is 13.0 Å². The SMILES string of the molecule is COCCN(CC(F)F)C(=O)C1CNC1. The number of hydrogen-bond acceptors (Lipinski definition) is 3. The fourth-order valence-electron chi connectivity index (χ4n) is 1.38. The van der Waals surface area contributed by atoms with E-state index in [-0.39, 0.29) is 18.4 Å². The molecule has 1 rings (SSSR count). The van der Waals surface area contributed by atoms with Crippen LogP contribution in [0.1, 0.15) is 0 Å². The third kappa shape index (κ3) is 3.71. The molecule has 1 heterocycles. The van der Waals surface area contributed by atoms with Crippen LogP contribution in [-0.2, 0) is 9.53 Å². The highest BCUT2D eigenvalue weighted by molar-refractivity contribution is 5.80. The largest absolute Gasteiger partial charge is 0.383 e. The Morgan fingerprint density at radius 2 is 2.27 bits per heavy atom. The van der Waals surface area contributed by atoms with E-state index in [1.165, 1.54) is 12.0 Å². The molecule has 0 aromatic heterocycles. The van der Waals surface area contributed by atoms with Gasteiger partial charge >= 0.3 is 0 Å². The zero-order valence-corrected chi connectivity index (χ0v) is 8.71. The Morgan fingerprint density at radius 3 is 2.67 bits per heavy atom. The lowest BCUT2D eigenvalue weighted by Gasteiger charge is -2.32. The minimum Gasteiger partial charge on any atom is -0.383 e. The van der Waals surface area contributed by atoms with Crippen LogP contribution in [0.15, 0.2) is 0 Å². The topological polar surface area (TPSA) is 41.6 Å². The molecule has 0 aliphatic carbocycles. The molecule has 0 radical (unpaired) electrons. The van der Waals surface area contributed by atoms with Gasteiger partial charge < -0.3 is 15.0 Å². The molecule has 0 saturated carbocycles. The molecule has 0 aromatic rings. The summed E-state index contributed by atoms with van der Waals surface area (Å²) >= 11 is 0. The highest BCUT2D eigenvalue weighted by Gasteiger charge is 2.30. The van der Waals surface area contributed by atoms with Gasteiger partial charge in [0.1, 0.15) is 0 Å². The normalized spacial score (nSPS) is 16.5. The van der Waals surface area contributed by atoms with Crippen molar-refractivity contribution in [1.82, 2.24) is 10.2 Å². The van der Waals surface area contributed by atoms with Crippen LogP contribution in [0, 0.1) is 5.92 Å². The Labute approximate surface area is 87.6 Å². The summed E-state index contributed by atoms with van der Waals surface area (Å²) in [5.41, 5.74) is 0. The third-order valence-electron chi connectivity index (χ3n) is 2.37. The second-order valence-electron chi connectivity index (χ2n) is 3.52. The quantitative estimate of drug-likeness (QED) is 0.685. The Morgan fingerprint density at radius 1 is 1.60 bits per heavy atom. The highest BCUT2D eigenvalue weighted by atomic mass is 19.3. The molecule has 1 saturated heterocycles. The van der Waals surface area contributed by atoms with E-state index in [1.54, 1.807) is 0 Å². The van der Waals surface area contributed by atoms with Crippen LogP contribution >= 0.6 is 0 Å². The Bertz CT molecular complexity index is 210. The molecular weight excluding hydrogens is 206 g/mol. The first-order chi connectivity index (χ1) is 7.15. The molecule has 1 amide bonds. The first-order valence-corrected chi connectivity index (χ1v) is 4.91. The minimum atomic E-state index is -2.49. The van der Waals surface area contributed by atoms with Crippen LogP contribution in [0.5, 0.6) is 0 Å². The summed E-state index contributed by atoms with van der Waals surface area (Å²) < 4.78 is 29.2. The average molecular weight is 222 g/mol. The first kappa shape index (κ1) is 12.3. The smallest absolute Gasteiger partial charge is 0.255 e. The molecule has 88 valence electrons. The van der Waals surface area contributed by atoms with Gasteiger partial charge in [-0.05, 0) is 0 Å². The first-order valence-electron chi connectivity index (χ1n) is 4.91. The second kappa shape index (κ2) is 5.97. The summed E-state index contributed by atoms with van der Waals surface area (Å²) in [7, 11) is 1.48. The second-order valence-corrected chi connectivity index (χ2v) is 3.52. The lowest BCUT2D eigenvalue weighted by molar-refractivity contribution is -0.139. The number of methoxy groups -OCH3 is 1. The Balaban J connectivity index is 2.41. The summed E-state index contributed by atoms with van der Waals surface area (Å²) in [5, 5.41) is 2.94. The van der Waals surface area contributed by atoms with Crippen LogP contribution in [0.4, 0.5) is 8.78 Å². The zero-order chi connectivity index (χ0) is 11.3. The van der Waals surface area contributed by atoms with Gasteiger partial charge in [-0.2, -0.15) is 0 Å². The molecule has 4 nitrogen and oxygen atoms in total. The monoisotopic (exact) mass is 222 g/mol. The molecule has 0 spiro atoms. The maximum atomic E-state index is 12.2. The van der Waals surface area contributed by atoms with Gasteiger partial charge in [-0.15, -0.1) is 0 Å². The molecule has 0 aromatic carbocycles. The molecule has 1 fully saturated rings. The molecule has 0 unspecified atom stereocenters. The number of nitrogens with zero attached hydrogens (tertiary/aromatic N) is 1. The van der Waals surface area contributed by atoms with Gasteiger partial charge in [-0.1, -0.05) is 0 Å². The van der Waals surface area contributed by atoms with Crippen molar-refractivity contribution >= 4 is 5.91 Å². The molecule has 1 N–H and O–H groups in total. The molecule has 15 heavy (non-hydrogen) atoms. The predicted molar refractivity (Wildman–Crippen MR) is 50.8 cm³/mol. The van der Waals surface area contributed by atoms with Gasteiger partial charge in [0, 0.05) is 26.7 Å². The van der Waals surface area contributed by atoms with E-state index in [0.717, 1.165) is 0 Å². The van der Waals surface area contributed by atoms with E-state index in [9.17, 15) is 13.6 Å². The van der Waals surface area contributed by atoms with Crippen LogP contribution in [0.2, 0.25) is 0 Å². The summed E-state index contributed by atoms with van der Waals surface area (Å²) in [6.07, 6.45) is -2.49. The van der Waals surface area contributed by atoms with Crippen molar-refractivity contribution < 1.29 is 18.3 Å². The van der Waals surface area contributed by atoms with Crippen LogP contribution in [-0.4, -0.2) is 57.1 Å². The Kier molecular flexibility index (Phi) is 4.90. The van der Waals surface area contributed by atoms with E-state index in [1.807, 2.05) is 0 Å². The molecule has 0 bridgehead atoms. The van der Waals surface area contributed by atoms with Crippen molar-refractivity contribution in [2.24, 2.45) is 5.92 Å². The van der Waals surface area contributed by atoms with E-state index >= 15 is 0 Å². The van der Waals surface area contributed by atoms with Gasteiger partial charge in [0.25, 0.3) is 6.43 Å². The number of carbonyl (C=O) groups is 1. The van der Waals surface area contributed by atoms with Crippen molar-refractivity contribution in [1.29, 1.82) is 0 Å². The zero-order valence-electron chi connectivity index (χ0n) is 8.71. The van der Waals surface area contributed by atoms with Crippen molar-refractivity contribution in [2.45, 2.75) is 6.43 Å². The number of hydrogen-bond donors (Lipinski definition) is 1. The lowest BCUT2D eigenvalue weighted by atomic mass is 10.0. The number of amides is 1. The summed E-state index contributed by atoms with van der Waals surface area (Å²) in [5.74, 6) is -0.341. The van der Waals surface area contributed by atoms with Gasteiger partial charge in [0.2, 0.25) is 5.91 Å². The fourth-order valence-corrected chi connectivity index (χ4v) is 1.38. The summed E-state index contributed by atoms with van der Waals surface area (Å²) in [6, 6.07) is 0. The summed E-state index contributed by atoms with van der Waals surface area (Å²) in [4.78, 5) is 12.8. The Hall–Kier alpha value is -0.750. The predicted octanol–water partition coefficient (Wildman–Crippen LogP) is -0.0541. The van der Waals surface area contributed by atoms with E-state index in [0.29, 0.717) is 19.7 Å². The highest BCUT2D eigenvalue weighted by Crippen LogP contribution is 2.09. The van der Waals surface area contributed by atoms with Gasteiger partial charge in [-0.3, -0.25) is 4.79 Å². The van der Waals surface area contributed by atoms with E-state index in [4.69, 9.17) is 4.74 Å². The van der Waals surface area contributed by atoms with Crippen molar-refractivity contribution in [2.75, 3.05) is 39.9 Å². The standard InChI is InChI=1S/C9H16F2N2O2/c1-15-3-2-13(6-8(10)11)9(14)7-4-12-5-7/h7-8,12H,2-6H2,1H3. The number of rotatable bonds is 6. The van der Waals surface area contributed by atoms with Crippen LogP contribution in [0.3, 0.4) is 0 Å². The van der Waals surface area contributed by atoms with Gasteiger partial charge in [-0.25, -0.2) is 8.78 Å². The molecule has 1 aliphatic heterocycles. The van der Waals surface area contributed by atoms with Crippen molar-refractivity contribution in [3.63, 3.8) is 0 Å². The maximum absolute atomic E-state index is 12.2. The number of alkyl halides is 2.